The predicted octanol–water partition coefficient (Wildman–Crippen LogP) is 1.86. The molecule has 1 saturated carbocycles. The number of ether oxygens (including phenoxy) is 1. The minimum absolute atomic E-state index is 0.0177. The Kier molecular flexibility index (Phi) is 5.13. The van der Waals surface area contributed by atoms with E-state index in [4.69, 9.17) is 4.74 Å². The maximum Gasteiger partial charge on any atom is 0.248 e. The highest BCUT2D eigenvalue weighted by Crippen LogP contribution is 2.31. The number of hydrogen-bond acceptors (Lipinski definition) is 4. The van der Waals surface area contributed by atoms with E-state index in [0.29, 0.717) is 5.75 Å². The average molecular weight is 373 g/mol. The summed E-state index contributed by atoms with van der Waals surface area (Å²) in [6.45, 7) is 5.85. The molecule has 3 rings (SSSR count). The van der Waals surface area contributed by atoms with Crippen LogP contribution < -0.4 is 9.64 Å². The van der Waals surface area contributed by atoms with Crippen molar-refractivity contribution in [2.24, 2.45) is 5.41 Å². The molecule has 7 nitrogen and oxygen atoms in total. The van der Waals surface area contributed by atoms with Crippen molar-refractivity contribution in [1.29, 1.82) is 0 Å². The summed E-state index contributed by atoms with van der Waals surface area (Å²) >= 11 is 0. The molecule has 1 heterocycles. The van der Waals surface area contributed by atoms with Crippen molar-refractivity contribution in [1.82, 2.24) is 9.80 Å². The van der Waals surface area contributed by atoms with E-state index in [0.717, 1.165) is 18.5 Å². The minimum atomic E-state index is -0.529. The second-order valence-electron chi connectivity index (χ2n) is 8.17. The zero-order valence-electron chi connectivity index (χ0n) is 16.4. The number of hydrogen-bond donors (Lipinski definition) is 0. The van der Waals surface area contributed by atoms with Crippen LogP contribution in [0.25, 0.3) is 0 Å². The molecule has 7 heteroatoms. The lowest BCUT2D eigenvalue weighted by atomic mass is 9.94. The Bertz CT molecular complexity index is 735. The average Bonchev–Trinajstić information content (AvgIpc) is 3.39. The molecule has 27 heavy (non-hydrogen) atoms. The molecule has 0 radical (unpaired) electrons. The van der Waals surface area contributed by atoms with Crippen molar-refractivity contribution in [3.63, 3.8) is 0 Å². The molecule has 1 saturated heterocycles. The molecular weight excluding hydrogens is 346 g/mol. The summed E-state index contributed by atoms with van der Waals surface area (Å²) in [4.78, 5) is 42.6. The number of benzene rings is 1. The first kappa shape index (κ1) is 19.2. The fraction of sp³-hybridized carbons (Fsp3) is 0.550. The van der Waals surface area contributed by atoms with Crippen LogP contribution in [0.1, 0.15) is 33.6 Å². The van der Waals surface area contributed by atoms with Crippen LogP contribution in [0, 0.1) is 5.41 Å². The second kappa shape index (κ2) is 7.21. The number of carbonyl (C=O) groups excluding carboxylic acids is 3. The molecule has 3 amide bonds. The van der Waals surface area contributed by atoms with Gasteiger partial charge in [-0.2, -0.15) is 0 Å². The van der Waals surface area contributed by atoms with E-state index in [1.54, 1.807) is 41.2 Å². The van der Waals surface area contributed by atoms with Gasteiger partial charge in [-0.1, -0.05) is 20.8 Å². The molecule has 1 aromatic rings. The molecule has 146 valence electrons. The van der Waals surface area contributed by atoms with Gasteiger partial charge in [0.2, 0.25) is 17.7 Å². The molecular formula is C20H27N3O4. The lowest BCUT2D eigenvalue weighted by molar-refractivity contribution is -0.145. The first-order chi connectivity index (χ1) is 12.7. The molecule has 0 unspecified atom stereocenters. The van der Waals surface area contributed by atoms with Gasteiger partial charge in [0.05, 0.1) is 7.11 Å². The van der Waals surface area contributed by atoms with Gasteiger partial charge in [0.15, 0.2) is 0 Å². The maximum atomic E-state index is 12.8. The van der Waals surface area contributed by atoms with Gasteiger partial charge in [0, 0.05) is 17.1 Å². The largest absolute Gasteiger partial charge is 0.497 e. The minimum Gasteiger partial charge on any atom is -0.497 e. The summed E-state index contributed by atoms with van der Waals surface area (Å²) in [5, 5.41) is 0. The van der Waals surface area contributed by atoms with E-state index in [1.807, 2.05) is 20.8 Å². The summed E-state index contributed by atoms with van der Waals surface area (Å²) in [6, 6.07) is 7.30. The molecule has 1 aliphatic heterocycles. The molecule has 2 aliphatic rings. The van der Waals surface area contributed by atoms with Crippen LogP contribution in [-0.2, 0) is 14.4 Å². The van der Waals surface area contributed by atoms with Gasteiger partial charge < -0.3 is 14.5 Å². The van der Waals surface area contributed by atoms with Crippen LogP contribution in [0.15, 0.2) is 24.3 Å². The monoisotopic (exact) mass is 373 g/mol. The van der Waals surface area contributed by atoms with Crippen LogP contribution in [0.3, 0.4) is 0 Å². The molecule has 2 fully saturated rings. The smallest absolute Gasteiger partial charge is 0.248 e. The van der Waals surface area contributed by atoms with Crippen LogP contribution >= 0.6 is 0 Å². The molecule has 0 bridgehead atoms. The van der Waals surface area contributed by atoms with Crippen LogP contribution in [-0.4, -0.2) is 60.4 Å². The molecule has 1 aromatic carbocycles. The lowest BCUT2D eigenvalue weighted by Gasteiger charge is -2.30. The lowest BCUT2D eigenvalue weighted by Crippen LogP contribution is -2.47. The molecule has 0 N–H and O–H groups in total. The Hall–Kier alpha value is -2.57. The van der Waals surface area contributed by atoms with E-state index in [9.17, 15) is 14.4 Å². The fourth-order valence-corrected chi connectivity index (χ4v) is 3.13. The predicted molar refractivity (Wildman–Crippen MR) is 101 cm³/mol. The number of amides is 3. The maximum absolute atomic E-state index is 12.8. The van der Waals surface area contributed by atoms with Crippen molar-refractivity contribution in [3.05, 3.63) is 24.3 Å². The zero-order chi connectivity index (χ0) is 19.8. The van der Waals surface area contributed by atoms with Gasteiger partial charge in [-0.3, -0.25) is 19.3 Å². The highest BCUT2D eigenvalue weighted by Gasteiger charge is 2.40. The third-order valence-electron chi connectivity index (χ3n) is 4.87. The Labute approximate surface area is 159 Å². The fourth-order valence-electron chi connectivity index (χ4n) is 3.13. The topological polar surface area (TPSA) is 70.2 Å². The van der Waals surface area contributed by atoms with E-state index in [1.165, 1.54) is 4.90 Å². The zero-order valence-corrected chi connectivity index (χ0v) is 16.4. The second-order valence-corrected chi connectivity index (χ2v) is 8.17. The first-order valence-electron chi connectivity index (χ1n) is 9.24. The Morgan fingerprint density at radius 1 is 1.19 bits per heavy atom. The molecule has 0 spiro atoms. The van der Waals surface area contributed by atoms with Crippen molar-refractivity contribution in [2.75, 3.05) is 31.8 Å². The van der Waals surface area contributed by atoms with Crippen LogP contribution in [0.2, 0.25) is 0 Å². The van der Waals surface area contributed by atoms with Gasteiger partial charge in [0.1, 0.15) is 25.5 Å². The summed E-state index contributed by atoms with van der Waals surface area (Å²) < 4.78 is 5.13. The normalized spacial score (nSPS) is 17.3. The van der Waals surface area contributed by atoms with Crippen LogP contribution in [0.4, 0.5) is 5.69 Å². The summed E-state index contributed by atoms with van der Waals surface area (Å²) in [6.07, 6.45) is 1.87. The number of nitrogens with zero attached hydrogens (tertiary/aromatic N) is 3. The van der Waals surface area contributed by atoms with E-state index < -0.39 is 5.41 Å². The van der Waals surface area contributed by atoms with Gasteiger partial charge >= 0.3 is 0 Å². The molecule has 1 aliphatic carbocycles. The highest BCUT2D eigenvalue weighted by atomic mass is 16.5. The quantitative estimate of drug-likeness (QED) is 0.790. The van der Waals surface area contributed by atoms with Gasteiger partial charge in [0.25, 0.3) is 0 Å². The third kappa shape index (κ3) is 4.23. The van der Waals surface area contributed by atoms with Gasteiger partial charge in [-0.05, 0) is 37.1 Å². The van der Waals surface area contributed by atoms with Crippen molar-refractivity contribution >= 4 is 23.4 Å². The molecule has 0 atom stereocenters. The van der Waals surface area contributed by atoms with Crippen molar-refractivity contribution in [2.45, 2.75) is 39.7 Å². The standard InChI is InChI=1S/C20H27N3O4/c1-20(2,3)19(26)22(14-5-6-14)12-17(24)21-11-18(25)23(13-21)15-7-9-16(27-4)10-8-15/h7-10,14H,5-6,11-13H2,1-4H3. The third-order valence-corrected chi connectivity index (χ3v) is 4.87. The van der Waals surface area contributed by atoms with Crippen LogP contribution in [0.5, 0.6) is 5.75 Å². The SMILES string of the molecule is COc1ccc(N2CN(C(=O)CN(C(=O)C(C)(C)C)C3CC3)CC2=O)cc1. The summed E-state index contributed by atoms with van der Waals surface area (Å²) in [7, 11) is 1.58. The van der Waals surface area contributed by atoms with Gasteiger partial charge in [-0.25, -0.2) is 0 Å². The van der Waals surface area contributed by atoms with E-state index >= 15 is 0 Å². The Balaban J connectivity index is 1.66. The van der Waals surface area contributed by atoms with Crippen molar-refractivity contribution < 1.29 is 19.1 Å². The number of rotatable bonds is 5. The van der Waals surface area contributed by atoms with E-state index in [-0.39, 0.29) is 43.5 Å². The Morgan fingerprint density at radius 3 is 2.33 bits per heavy atom. The number of carbonyl (C=O) groups is 3. The number of anilines is 1. The Morgan fingerprint density at radius 2 is 1.81 bits per heavy atom. The van der Waals surface area contributed by atoms with Gasteiger partial charge in [-0.15, -0.1) is 0 Å². The van der Waals surface area contributed by atoms with E-state index in [2.05, 4.69) is 0 Å². The first-order valence-corrected chi connectivity index (χ1v) is 9.24. The highest BCUT2D eigenvalue weighted by molar-refractivity contribution is 6.00. The van der Waals surface area contributed by atoms with Crippen molar-refractivity contribution in [3.8, 4) is 5.75 Å². The summed E-state index contributed by atoms with van der Waals surface area (Å²) in [5.74, 6) is 0.368. The summed E-state index contributed by atoms with van der Waals surface area (Å²) in [5.41, 5.74) is 0.194. The number of methoxy groups -OCH3 is 1. The molecule has 0 aromatic heterocycles.